The average Bonchev–Trinajstić information content (AvgIpc) is 2.68. The Kier molecular flexibility index (Phi) is 8.36. The number of anilines is 1. The number of alkyl halides is 2. The fourth-order valence-corrected chi connectivity index (χ4v) is 4.63. The number of hydrogen-bond acceptors (Lipinski definition) is 4. The van der Waals surface area contributed by atoms with Crippen molar-refractivity contribution in [1.82, 2.24) is 4.31 Å². The molecule has 0 saturated heterocycles. The van der Waals surface area contributed by atoms with Crippen LogP contribution in [0.25, 0.3) is 6.08 Å². The lowest BCUT2D eigenvalue weighted by molar-refractivity contribution is -0.111. The van der Waals surface area contributed by atoms with Crippen molar-refractivity contribution in [3.63, 3.8) is 0 Å². The van der Waals surface area contributed by atoms with Gasteiger partial charge in [0.1, 0.15) is 0 Å². The molecular formula is C20H22F2N2O3S2. The van der Waals surface area contributed by atoms with E-state index in [9.17, 15) is 22.0 Å². The molecule has 1 amide bonds. The highest BCUT2D eigenvalue weighted by atomic mass is 32.2. The van der Waals surface area contributed by atoms with Gasteiger partial charge in [0.05, 0.1) is 10.6 Å². The number of sulfonamides is 1. The number of thioether (sulfide) groups is 1. The summed E-state index contributed by atoms with van der Waals surface area (Å²) in [6.07, 6.45) is 2.78. The summed E-state index contributed by atoms with van der Waals surface area (Å²) in [6.45, 7) is 4.31. The van der Waals surface area contributed by atoms with Crippen LogP contribution in [0.15, 0.2) is 64.4 Å². The molecule has 0 saturated carbocycles. The molecule has 0 bridgehead atoms. The van der Waals surface area contributed by atoms with Crippen LogP contribution in [0.1, 0.15) is 19.4 Å². The molecule has 0 radical (unpaired) electrons. The normalized spacial score (nSPS) is 12.1. The fourth-order valence-electron chi connectivity index (χ4n) is 2.58. The average molecular weight is 441 g/mol. The minimum atomic E-state index is -3.54. The first kappa shape index (κ1) is 23.1. The highest BCUT2D eigenvalue weighted by molar-refractivity contribution is 7.99. The zero-order valence-electron chi connectivity index (χ0n) is 16.0. The van der Waals surface area contributed by atoms with Gasteiger partial charge >= 0.3 is 0 Å². The number of carbonyl (C=O) groups excluding carboxylic acids is 1. The highest BCUT2D eigenvalue weighted by Crippen LogP contribution is 2.31. The third kappa shape index (κ3) is 6.38. The van der Waals surface area contributed by atoms with Crippen molar-refractivity contribution in [1.29, 1.82) is 0 Å². The van der Waals surface area contributed by atoms with Crippen molar-refractivity contribution in [2.24, 2.45) is 0 Å². The predicted molar refractivity (Wildman–Crippen MR) is 113 cm³/mol. The zero-order chi connectivity index (χ0) is 21.4. The highest BCUT2D eigenvalue weighted by Gasteiger charge is 2.20. The van der Waals surface area contributed by atoms with Crippen LogP contribution in [-0.2, 0) is 14.8 Å². The number of para-hydroxylation sites is 1. The van der Waals surface area contributed by atoms with E-state index in [2.05, 4.69) is 5.32 Å². The van der Waals surface area contributed by atoms with Crippen molar-refractivity contribution in [2.75, 3.05) is 18.4 Å². The fraction of sp³-hybridized carbons (Fsp3) is 0.250. The number of carbonyl (C=O) groups is 1. The topological polar surface area (TPSA) is 66.5 Å². The second-order valence-electron chi connectivity index (χ2n) is 5.86. The van der Waals surface area contributed by atoms with Gasteiger partial charge in [-0.2, -0.15) is 13.1 Å². The Morgan fingerprint density at radius 1 is 1.10 bits per heavy atom. The molecule has 0 aliphatic heterocycles. The quantitative estimate of drug-likeness (QED) is 0.454. The molecule has 2 aromatic rings. The van der Waals surface area contributed by atoms with E-state index in [1.54, 1.807) is 44.2 Å². The lowest BCUT2D eigenvalue weighted by atomic mass is 10.2. The molecule has 1 N–H and O–H groups in total. The first-order chi connectivity index (χ1) is 13.8. The minimum Gasteiger partial charge on any atom is -0.321 e. The Bertz CT molecular complexity index is 958. The van der Waals surface area contributed by atoms with E-state index in [4.69, 9.17) is 0 Å². The number of benzene rings is 2. The Hall–Kier alpha value is -2.23. The third-order valence-corrected chi connectivity index (χ3v) is 6.86. The van der Waals surface area contributed by atoms with Crippen LogP contribution in [0.5, 0.6) is 0 Å². The Labute approximate surface area is 173 Å². The van der Waals surface area contributed by atoms with Gasteiger partial charge in [-0.3, -0.25) is 4.79 Å². The van der Waals surface area contributed by atoms with Crippen molar-refractivity contribution < 1.29 is 22.0 Å². The predicted octanol–water partition coefficient (Wildman–Crippen LogP) is 4.68. The van der Waals surface area contributed by atoms with Gasteiger partial charge in [0.2, 0.25) is 15.9 Å². The van der Waals surface area contributed by atoms with E-state index < -0.39 is 21.7 Å². The summed E-state index contributed by atoms with van der Waals surface area (Å²) in [7, 11) is -3.54. The SMILES string of the molecule is CCN(CC)S(=O)(=O)c1ccc(/C=C/C(=O)Nc2ccccc2SC(F)F)cc1. The van der Waals surface area contributed by atoms with E-state index in [-0.39, 0.29) is 9.79 Å². The Morgan fingerprint density at radius 2 is 1.72 bits per heavy atom. The molecule has 156 valence electrons. The van der Waals surface area contributed by atoms with Crippen LogP contribution in [0.3, 0.4) is 0 Å². The van der Waals surface area contributed by atoms with Crippen molar-refractivity contribution in [3.05, 3.63) is 60.2 Å². The Morgan fingerprint density at radius 3 is 2.31 bits per heavy atom. The van der Waals surface area contributed by atoms with Gasteiger partial charge in [-0.15, -0.1) is 0 Å². The molecule has 0 heterocycles. The molecule has 0 aliphatic carbocycles. The van der Waals surface area contributed by atoms with Gasteiger partial charge in [-0.1, -0.05) is 49.9 Å². The van der Waals surface area contributed by atoms with E-state index in [1.165, 1.54) is 34.7 Å². The van der Waals surface area contributed by atoms with E-state index in [0.29, 0.717) is 36.1 Å². The van der Waals surface area contributed by atoms with Gasteiger partial charge in [0.25, 0.3) is 5.76 Å². The van der Waals surface area contributed by atoms with E-state index in [0.717, 1.165) is 0 Å². The molecule has 0 unspecified atom stereocenters. The van der Waals surface area contributed by atoms with Crippen LogP contribution in [0, 0.1) is 0 Å². The number of rotatable bonds is 9. The molecule has 9 heteroatoms. The second kappa shape index (κ2) is 10.5. The van der Waals surface area contributed by atoms with Gasteiger partial charge < -0.3 is 5.32 Å². The first-order valence-corrected chi connectivity index (χ1v) is 11.2. The summed E-state index contributed by atoms with van der Waals surface area (Å²) in [5.41, 5.74) is 0.932. The molecule has 2 aromatic carbocycles. The van der Waals surface area contributed by atoms with Crippen LogP contribution >= 0.6 is 11.8 Å². The first-order valence-electron chi connectivity index (χ1n) is 8.91. The smallest absolute Gasteiger partial charge is 0.288 e. The summed E-state index contributed by atoms with van der Waals surface area (Å²) in [5, 5.41) is 2.57. The van der Waals surface area contributed by atoms with Gasteiger partial charge in [0, 0.05) is 24.1 Å². The molecule has 0 atom stereocenters. The standard InChI is InChI=1S/C20H22F2N2O3S2/c1-3-24(4-2)29(26,27)16-12-9-15(10-13-16)11-14-19(25)23-17-7-5-6-8-18(17)28-20(21)22/h5-14,20H,3-4H2,1-2H3,(H,23,25)/b14-11+. The number of hydrogen-bond donors (Lipinski definition) is 1. The molecule has 5 nitrogen and oxygen atoms in total. The maximum atomic E-state index is 12.6. The number of amides is 1. The molecule has 0 aliphatic rings. The zero-order valence-corrected chi connectivity index (χ0v) is 17.6. The monoisotopic (exact) mass is 440 g/mol. The van der Waals surface area contributed by atoms with Gasteiger partial charge in [0.15, 0.2) is 0 Å². The molecule has 0 aromatic heterocycles. The van der Waals surface area contributed by atoms with Crippen molar-refractivity contribution >= 4 is 39.5 Å². The van der Waals surface area contributed by atoms with Crippen molar-refractivity contribution in [3.8, 4) is 0 Å². The lowest BCUT2D eigenvalue weighted by Crippen LogP contribution is -2.30. The minimum absolute atomic E-state index is 0.181. The molecular weight excluding hydrogens is 418 g/mol. The van der Waals surface area contributed by atoms with Crippen LogP contribution in [0.4, 0.5) is 14.5 Å². The third-order valence-electron chi connectivity index (χ3n) is 4.01. The number of nitrogens with zero attached hydrogens (tertiary/aromatic N) is 1. The summed E-state index contributed by atoms with van der Waals surface area (Å²) < 4.78 is 51.5. The largest absolute Gasteiger partial charge is 0.321 e. The van der Waals surface area contributed by atoms with E-state index >= 15 is 0 Å². The van der Waals surface area contributed by atoms with Crippen molar-refractivity contribution in [2.45, 2.75) is 29.4 Å². The van der Waals surface area contributed by atoms with Gasteiger partial charge in [-0.25, -0.2) is 8.42 Å². The number of nitrogens with one attached hydrogen (secondary N) is 1. The van der Waals surface area contributed by atoms with Crippen LogP contribution in [-0.4, -0.2) is 37.5 Å². The summed E-state index contributed by atoms with van der Waals surface area (Å²) in [4.78, 5) is 12.6. The second-order valence-corrected chi connectivity index (χ2v) is 8.83. The summed E-state index contributed by atoms with van der Waals surface area (Å²) in [6, 6.07) is 12.5. The maximum Gasteiger partial charge on any atom is 0.288 e. The Balaban J connectivity index is 2.08. The summed E-state index contributed by atoms with van der Waals surface area (Å²) in [5.74, 6) is -3.07. The summed E-state index contributed by atoms with van der Waals surface area (Å²) >= 11 is 0.358. The van der Waals surface area contributed by atoms with E-state index in [1.807, 2.05) is 0 Å². The van der Waals surface area contributed by atoms with Crippen LogP contribution in [0.2, 0.25) is 0 Å². The molecule has 29 heavy (non-hydrogen) atoms. The molecule has 2 rings (SSSR count). The molecule has 0 fully saturated rings. The van der Waals surface area contributed by atoms with Crippen LogP contribution < -0.4 is 5.32 Å². The van der Waals surface area contributed by atoms with Gasteiger partial charge in [-0.05, 0) is 35.9 Å². The lowest BCUT2D eigenvalue weighted by Gasteiger charge is -2.18. The number of halogens is 2. The maximum absolute atomic E-state index is 12.6. The molecule has 0 spiro atoms.